The summed E-state index contributed by atoms with van der Waals surface area (Å²) in [6, 6.07) is 0. The molecular weight excluding hydrogens is 174 g/mol. The Balaban J connectivity index is 2.90. The number of aliphatic carboxylic acids is 1. The number of nitrogens with zero attached hydrogens (tertiary/aromatic N) is 1. The molecular formula is C8H9NO4. The van der Waals surface area contributed by atoms with Crippen molar-refractivity contribution in [2.45, 2.75) is 13.3 Å². The molecule has 1 rings (SSSR count). The summed E-state index contributed by atoms with van der Waals surface area (Å²) >= 11 is 0. The van der Waals surface area contributed by atoms with Gasteiger partial charge in [0.05, 0.1) is 17.3 Å². The van der Waals surface area contributed by atoms with Gasteiger partial charge in [0.1, 0.15) is 0 Å². The molecule has 0 radical (unpaired) electrons. The van der Waals surface area contributed by atoms with Crippen LogP contribution in [0.4, 0.5) is 0 Å². The topological polar surface area (TPSA) is 80.4 Å². The summed E-state index contributed by atoms with van der Waals surface area (Å²) in [5, 5.41) is 19.1. The SMILES string of the molecule is CC1=CC=C([N+](=O)[O-])CC1C(=O)O. The van der Waals surface area contributed by atoms with Crippen molar-refractivity contribution in [2.75, 3.05) is 0 Å². The number of carboxylic acids is 1. The van der Waals surface area contributed by atoms with Gasteiger partial charge in [0.15, 0.2) is 0 Å². The maximum Gasteiger partial charge on any atom is 0.311 e. The third kappa shape index (κ3) is 1.93. The molecule has 0 saturated carbocycles. The normalized spacial score (nSPS) is 21.8. The van der Waals surface area contributed by atoms with E-state index in [4.69, 9.17) is 5.11 Å². The Kier molecular flexibility index (Phi) is 2.46. The fourth-order valence-electron chi connectivity index (χ4n) is 1.20. The average Bonchev–Trinajstić information content (AvgIpc) is 2.04. The standard InChI is InChI=1S/C8H9NO4/c1-5-2-3-6(9(12)13)4-7(5)8(10)11/h2-3,7H,4H2,1H3,(H,10,11). The number of nitro groups is 1. The minimum Gasteiger partial charge on any atom is -0.481 e. The quantitative estimate of drug-likeness (QED) is 0.515. The van der Waals surface area contributed by atoms with Crippen LogP contribution in [0.5, 0.6) is 0 Å². The van der Waals surface area contributed by atoms with Gasteiger partial charge in [-0.1, -0.05) is 11.6 Å². The highest BCUT2D eigenvalue weighted by molar-refractivity contribution is 5.74. The summed E-state index contributed by atoms with van der Waals surface area (Å²) in [6.45, 7) is 1.66. The Bertz CT molecular complexity index is 316. The predicted molar refractivity (Wildman–Crippen MR) is 44.6 cm³/mol. The fourth-order valence-corrected chi connectivity index (χ4v) is 1.20. The van der Waals surface area contributed by atoms with E-state index in [1.807, 2.05) is 0 Å². The summed E-state index contributed by atoms with van der Waals surface area (Å²) in [4.78, 5) is 20.4. The van der Waals surface area contributed by atoms with E-state index in [9.17, 15) is 14.9 Å². The minimum atomic E-state index is -1.01. The van der Waals surface area contributed by atoms with Crippen LogP contribution < -0.4 is 0 Å². The van der Waals surface area contributed by atoms with Crippen molar-refractivity contribution in [3.63, 3.8) is 0 Å². The lowest BCUT2D eigenvalue weighted by molar-refractivity contribution is -0.428. The molecule has 5 nitrogen and oxygen atoms in total. The van der Waals surface area contributed by atoms with Crippen LogP contribution in [0.2, 0.25) is 0 Å². The van der Waals surface area contributed by atoms with Crippen molar-refractivity contribution in [3.05, 3.63) is 33.5 Å². The van der Waals surface area contributed by atoms with Gasteiger partial charge < -0.3 is 5.11 Å². The van der Waals surface area contributed by atoms with Crippen molar-refractivity contribution in [2.24, 2.45) is 5.92 Å². The van der Waals surface area contributed by atoms with E-state index in [0.717, 1.165) is 0 Å². The number of allylic oxidation sites excluding steroid dienone is 3. The first-order valence-electron chi connectivity index (χ1n) is 3.77. The highest BCUT2D eigenvalue weighted by Crippen LogP contribution is 2.25. The maximum absolute atomic E-state index is 10.6. The Morgan fingerprint density at radius 2 is 2.31 bits per heavy atom. The van der Waals surface area contributed by atoms with Gasteiger partial charge in [-0.15, -0.1) is 0 Å². The van der Waals surface area contributed by atoms with Crippen LogP contribution in [-0.4, -0.2) is 16.0 Å². The molecule has 0 aromatic rings. The second-order valence-electron chi connectivity index (χ2n) is 2.92. The van der Waals surface area contributed by atoms with E-state index in [0.29, 0.717) is 5.57 Å². The number of carboxylic acid groups (broad SMARTS) is 1. The van der Waals surface area contributed by atoms with Gasteiger partial charge in [-0.05, 0) is 6.92 Å². The summed E-state index contributed by atoms with van der Waals surface area (Å²) in [7, 11) is 0. The van der Waals surface area contributed by atoms with Crippen LogP contribution in [0.1, 0.15) is 13.3 Å². The van der Waals surface area contributed by atoms with E-state index in [1.165, 1.54) is 12.2 Å². The van der Waals surface area contributed by atoms with Crippen molar-refractivity contribution in [3.8, 4) is 0 Å². The summed E-state index contributed by atoms with van der Waals surface area (Å²) in [5.41, 5.74) is 0.608. The lowest BCUT2D eigenvalue weighted by atomic mass is 9.91. The van der Waals surface area contributed by atoms with Crippen molar-refractivity contribution < 1.29 is 14.8 Å². The largest absolute Gasteiger partial charge is 0.481 e. The lowest BCUT2D eigenvalue weighted by Crippen LogP contribution is -2.20. The predicted octanol–water partition coefficient (Wildman–Crippen LogP) is 1.20. The molecule has 0 amide bonds. The van der Waals surface area contributed by atoms with Crippen LogP contribution in [0.15, 0.2) is 23.4 Å². The molecule has 0 aromatic carbocycles. The summed E-state index contributed by atoms with van der Waals surface area (Å²) in [6.07, 6.45) is 2.82. The van der Waals surface area contributed by atoms with Crippen LogP contribution in [0.25, 0.3) is 0 Å². The molecule has 1 N–H and O–H groups in total. The number of hydrogen-bond donors (Lipinski definition) is 1. The number of rotatable bonds is 2. The Hall–Kier alpha value is -1.65. The molecule has 0 heterocycles. The maximum atomic E-state index is 10.6. The minimum absolute atomic E-state index is 0.0231. The van der Waals surface area contributed by atoms with Gasteiger partial charge in [-0.2, -0.15) is 0 Å². The van der Waals surface area contributed by atoms with Crippen LogP contribution in [-0.2, 0) is 4.79 Å². The van der Waals surface area contributed by atoms with Gasteiger partial charge in [0.2, 0.25) is 5.70 Å². The average molecular weight is 183 g/mol. The number of hydrogen-bond acceptors (Lipinski definition) is 3. The smallest absolute Gasteiger partial charge is 0.311 e. The third-order valence-corrected chi connectivity index (χ3v) is 2.03. The van der Waals surface area contributed by atoms with Gasteiger partial charge in [0, 0.05) is 6.08 Å². The zero-order chi connectivity index (χ0) is 10.0. The Morgan fingerprint density at radius 3 is 2.77 bits per heavy atom. The van der Waals surface area contributed by atoms with Crippen molar-refractivity contribution in [1.29, 1.82) is 0 Å². The van der Waals surface area contributed by atoms with Crippen LogP contribution in [0, 0.1) is 16.0 Å². The van der Waals surface area contributed by atoms with Gasteiger partial charge in [-0.25, -0.2) is 0 Å². The zero-order valence-electron chi connectivity index (χ0n) is 7.06. The molecule has 1 unspecified atom stereocenters. The van der Waals surface area contributed by atoms with Gasteiger partial charge in [-0.3, -0.25) is 14.9 Å². The van der Waals surface area contributed by atoms with Crippen molar-refractivity contribution in [1.82, 2.24) is 0 Å². The second kappa shape index (κ2) is 3.38. The Morgan fingerprint density at radius 1 is 1.69 bits per heavy atom. The second-order valence-corrected chi connectivity index (χ2v) is 2.92. The lowest BCUT2D eigenvalue weighted by Gasteiger charge is -2.14. The molecule has 0 saturated heterocycles. The molecule has 5 heteroatoms. The van der Waals surface area contributed by atoms with E-state index < -0.39 is 16.8 Å². The van der Waals surface area contributed by atoms with Gasteiger partial charge >= 0.3 is 5.97 Å². The molecule has 0 aromatic heterocycles. The monoisotopic (exact) mass is 183 g/mol. The van der Waals surface area contributed by atoms with Crippen molar-refractivity contribution >= 4 is 5.97 Å². The molecule has 70 valence electrons. The van der Waals surface area contributed by atoms with Crippen LogP contribution >= 0.6 is 0 Å². The third-order valence-electron chi connectivity index (χ3n) is 2.03. The van der Waals surface area contributed by atoms with Crippen LogP contribution in [0.3, 0.4) is 0 Å². The summed E-state index contributed by atoms with van der Waals surface area (Å²) < 4.78 is 0. The first-order chi connectivity index (χ1) is 6.02. The molecule has 0 aliphatic heterocycles. The molecule has 13 heavy (non-hydrogen) atoms. The summed E-state index contributed by atoms with van der Waals surface area (Å²) in [5.74, 6) is -1.76. The highest BCUT2D eigenvalue weighted by Gasteiger charge is 2.28. The molecule has 1 atom stereocenters. The fraction of sp³-hybridized carbons (Fsp3) is 0.375. The molecule has 0 bridgehead atoms. The first-order valence-corrected chi connectivity index (χ1v) is 3.77. The number of carbonyl (C=O) groups is 1. The van der Waals surface area contributed by atoms with E-state index in [-0.39, 0.29) is 12.1 Å². The van der Waals surface area contributed by atoms with E-state index in [1.54, 1.807) is 6.92 Å². The van der Waals surface area contributed by atoms with E-state index >= 15 is 0 Å². The zero-order valence-corrected chi connectivity index (χ0v) is 7.06. The molecule has 1 aliphatic rings. The molecule has 0 fully saturated rings. The first kappa shape index (κ1) is 9.44. The van der Waals surface area contributed by atoms with Gasteiger partial charge in [0.25, 0.3) is 0 Å². The molecule has 0 spiro atoms. The Labute approximate surface area is 74.5 Å². The molecule has 1 aliphatic carbocycles. The van der Waals surface area contributed by atoms with E-state index in [2.05, 4.69) is 0 Å². The highest BCUT2D eigenvalue weighted by atomic mass is 16.6.